The van der Waals surface area contributed by atoms with Gasteiger partial charge in [0.2, 0.25) is 0 Å². The van der Waals surface area contributed by atoms with Crippen molar-refractivity contribution in [2.75, 3.05) is 5.32 Å². The van der Waals surface area contributed by atoms with Crippen LogP contribution in [0.4, 0.5) is 14.6 Å². The molecule has 130 valence electrons. The van der Waals surface area contributed by atoms with E-state index in [1.165, 1.54) is 18.5 Å². The molecule has 0 radical (unpaired) electrons. The van der Waals surface area contributed by atoms with Crippen LogP contribution in [0.25, 0.3) is 16.6 Å². The summed E-state index contributed by atoms with van der Waals surface area (Å²) in [6.07, 6.45) is 4.65. The van der Waals surface area contributed by atoms with Crippen molar-refractivity contribution >= 4 is 16.7 Å². The molecule has 7 heteroatoms. The van der Waals surface area contributed by atoms with Gasteiger partial charge in [-0.1, -0.05) is 12.1 Å². The van der Waals surface area contributed by atoms with Gasteiger partial charge in [-0.3, -0.25) is 0 Å². The molecule has 0 aliphatic rings. The average Bonchev–Trinajstić information content (AvgIpc) is 3.06. The smallest absolute Gasteiger partial charge is 0.149 e. The Kier molecular flexibility index (Phi) is 4.04. The van der Waals surface area contributed by atoms with Gasteiger partial charge in [-0.15, -0.1) is 0 Å². The number of hydrogen-bond donors (Lipinski definition) is 1. The minimum Gasteiger partial charge on any atom is -0.365 e. The van der Waals surface area contributed by atoms with Crippen molar-refractivity contribution in [3.63, 3.8) is 0 Å². The number of nitrogens with zero attached hydrogens (tertiary/aromatic N) is 4. The Morgan fingerprint density at radius 3 is 2.69 bits per heavy atom. The van der Waals surface area contributed by atoms with Crippen LogP contribution in [0.3, 0.4) is 0 Å². The van der Waals surface area contributed by atoms with Crippen LogP contribution >= 0.6 is 0 Å². The molecule has 0 amide bonds. The van der Waals surface area contributed by atoms with Gasteiger partial charge >= 0.3 is 0 Å². The number of fused-ring (bicyclic) bond motifs is 1. The Hall–Kier alpha value is -3.35. The number of aryl methyl sites for hydroxylation is 1. The molecule has 2 aromatic heterocycles. The molecule has 0 bridgehead atoms. The largest absolute Gasteiger partial charge is 0.365 e. The number of rotatable bonds is 4. The van der Waals surface area contributed by atoms with Gasteiger partial charge in [-0.25, -0.2) is 23.7 Å². The monoisotopic (exact) mass is 351 g/mol. The van der Waals surface area contributed by atoms with Crippen LogP contribution in [-0.2, 0) is 6.54 Å². The first-order chi connectivity index (χ1) is 12.6. The number of imidazole rings is 1. The normalized spacial score (nSPS) is 11.0. The van der Waals surface area contributed by atoms with Crippen molar-refractivity contribution in [2.45, 2.75) is 13.5 Å². The van der Waals surface area contributed by atoms with Crippen molar-refractivity contribution in [1.29, 1.82) is 0 Å². The molecule has 2 heterocycles. The first kappa shape index (κ1) is 16.1. The molecular weight excluding hydrogens is 336 g/mol. The number of aromatic nitrogens is 4. The lowest BCUT2D eigenvalue weighted by atomic mass is 10.1. The fourth-order valence-corrected chi connectivity index (χ4v) is 2.87. The van der Waals surface area contributed by atoms with Gasteiger partial charge in [-0.2, -0.15) is 0 Å². The summed E-state index contributed by atoms with van der Waals surface area (Å²) < 4.78 is 30.0. The highest BCUT2D eigenvalue weighted by Crippen LogP contribution is 2.22. The van der Waals surface area contributed by atoms with E-state index >= 15 is 0 Å². The zero-order chi connectivity index (χ0) is 18.1. The van der Waals surface area contributed by atoms with E-state index in [-0.39, 0.29) is 11.3 Å². The van der Waals surface area contributed by atoms with E-state index in [9.17, 15) is 8.78 Å². The summed E-state index contributed by atoms with van der Waals surface area (Å²) in [5.41, 5.74) is 1.44. The quantitative estimate of drug-likeness (QED) is 0.603. The van der Waals surface area contributed by atoms with Crippen molar-refractivity contribution in [1.82, 2.24) is 19.5 Å². The summed E-state index contributed by atoms with van der Waals surface area (Å²) >= 11 is 0. The van der Waals surface area contributed by atoms with Crippen molar-refractivity contribution < 1.29 is 8.78 Å². The lowest BCUT2D eigenvalue weighted by Crippen LogP contribution is -2.05. The first-order valence-corrected chi connectivity index (χ1v) is 8.05. The maximum Gasteiger partial charge on any atom is 0.149 e. The zero-order valence-corrected chi connectivity index (χ0v) is 13.9. The van der Waals surface area contributed by atoms with E-state index in [2.05, 4.69) is 20.3 Å². The Labute approximate surface area is 148 Å². The molecule has 0 unspecified atom stereocenters. The van der Waals surface area contributed by atoms with E-state index in [0.717, 1.165) is 5.56 Å². The number of anilines is 1. The standard InChI is InChI=1S/C19H15F2N5/c1-12-22-7-8-26(12)17-6-5-13(9-16(17)21)10-23-19-14-3-2-4-15(20)18(14)24-11-25-19/h2-9,11H,10H2,1H3,(H,23,24,25). The number of nitrogens with one attached hydrogen (secondary N) is 1. The summed E-state index contributed by atoms with van der Waals surface area (Å²) in [7, 11) is 0. The predicted octanol–water partition coefficient (Wildman–Crippen LogP) is 4.01. The highest BCUT2D eigenvalue weighted by atomic mass is 19.1. The van der Waals surface area contributed by atoms with Crippen LogP contribution < -0.4 is 5.32 Å². The highest BCUT2D eigenvalue weighted by Gasteiger charge is 2.10. The minimum absolute atomic E-state index is 0.252. The van der Waals surface area contributed by atoms with Gasteiger partial charge in [0.1, 0.15) is 35.1 Å². The summed E-state index contributed by atoms with van der Waals surface area (Å²) in [5.74, 6) is 0.469. The maximum atomic E-state index is 14.5. The Bertz CT molecular complexity index is 1090. The molecule has 5 nitrogen and oxygen atoms in total. The fourth-order valence-electron chi connectivity index (χ4n) is 2.87. The van der Waals surface area contributed by atoms with Crippen LogP contribution in [0.15, 0.2) is 55.1 Å². The van der Waals surface area contributed by atoms with E-state index in [1.54, 1.807) is 35.2 Å². The maximum absolute atomic E-state index is 14.5. The van der Waals surface area contributed by atoms with Gasteiger partial charge in [0, 0.05) is 24.3 Å². The third-order valence-electron chi connectivity index (χ3n) is 4.17. The van der Waals surface area contributed by atoms with E-state index in [4.69, 9.17) is 0 Å². The first-order valence-electron chi connectivity index (χ1n) is 8.05. The van der Waals surface area contributed by atoms with Gasteiger partial charge < -0.3 is 9.88 Å². The second-order valence-corrected chi connectivity index (χ2v) is 5.84. The molecule has 2 aromatic carbocycles. The predicted molar refractivity (Wildman–Crippen MR) is 95.1 cm³/mol. The molecule has 0 aliphatic heterocycles. The molecule has 4 rings (SSSR count). The van der Waals surface area contributed by atoms with Crippen LogP contribution in [0.5, 0.6) is 0 Å². The summed E-state index contributed by atoms with van der Waals surface area (Å²) in [6.45, 7) is 2.16. The van der Waals surface area contributed by atoms with Crippen LogP contribution in [0.2, 0.25) is 0 Å². The molecule has 0 atom stereocenters. The van der Waals surface area contributed by atoms with Crippen LogP contribution in [0, 0.1) is 18.6 Å². The lowest BCUT2D eigenvalue weighted by Gasteiger charge is -2.11. The molecule has 0 saturated heterocycles. The van der Waals surface area contributed by atoms with Gasteiger partial charge in [-0.05, 0) is 36.8 Å². The molecule has 0 saturated carbocycles. The van der Waals surface area contributed by atoms with Gasteiger partial charge in [0.15, 0.2) is 0 Å². The molecular formula is C19H15F2N5. The topological polar surface area (TPSA) is 55.6 Å². The number of hydrogen-bond acceptors (Lipinski definition) is 4. The Morgan fingerprint density at radius 1 is 1.04 bits per heavy atom. The average molecular weight is 351 g/mol. The van der Waals surface area contributed by atoms with Crippen LogP contribution in [0.1, 0.15) is 11.4 Å². The Morgan fingerprint density at radius 2 is 1.92 bits per heavy atom. The number of benzene rings is 2. The van der Waals surface area contributed by atoms with Crippen molar-refractivity contribution in [3.8, 4) is 5.69 Å². The molecule has 0 aliphatic carbocycles. The fraction of sp³-hybridized carbons (Fsp3) is 0.105. The van der Waals surface area contributed by atoms with E-state index < -0.39 is 5.82 Å². The minimum atomic E-state index is -0.404. The Balaban J connectivity index is 1.59. The van der Waals surface area contributed by atoms with Crippen molar-refractivity contribution in [2.24, 2.45) is 0 Å². The second-order valence-electron chi connectivity index (χ2n) is 5.84. The van der Waals surface area contributed by atoms with E-state index in [0.29, 0.717) is 29.3 Å². The van der Waals surface area contributed by atoms with E-state index in [1.807, 2.05) is 13.0 Å². The second kappa shape index (κ2) is 6.51. The molecule has 0 fully saturated rings. The molecule has 4 aromatic rings. The number of para-hydroxylation sites is 1. The highest BCUT2D eigenvalue weighted by molar-refractivity contribution is 5.89. The third kappa shape index (κ3) is 2.88. The van der Waals surface area contributed by atoms with Gasteiger partial charge in [0.25, 0.3) is 0 Å². The van der Waals surface area contributed by atoms with Crippen LogP contribution in [-0.4, -0.2) is 19.5 Å². The SMILES string of the molecule is Cc1nccn1-c1ccc(CNc2ncnc3c(F)cccc23)cc1F. The van der Waals surface area contributed by atoms with Gasteiger partial charge in [0.05, 0.1) is 5.69 Å². The molecule has 26 heavy (non-hydrogen) atoms. The summed E-state index contributed by atoms with van der Waals surface area (Å²) in [5, 5.41) is 3.70. The lowest BCUT2D eigenvalue weighted by molar-refractivity contribution is 0.614. The molecule has 0 spiro atoms. The third-order valence-corrected chi connectivity index (χ3v) is 4.17. The zero-order valence-electron chi connectivity index (χ0n) is 13.9. The molecule has 1 N–H and O–H groups in total. The summed E-state index contributed by atoms with van der Waals surface area (Å²) in [4.78, 5) is 12.2. The number of halogens is 2. The van der Waals surface area contributed by atoms with Crippen molar-refractivity contribution in [3.05, 3.63) is 78.1 Å². The summed E-state index contributed by atoms with van der Waals surface area (Å²) in [6, 6.07) is 9.70.